The van der Waals surface area contributed by atoms with Crippen LogP contribution in [-0.2, 0) is 5.67 Å². The minimum atomic E-state index is -1.55. The van der Waals surface area contributed by atoms with Gasteiger partial charge in [-0.3, -0.25) is 0 Å². The van der Waals surface area contributed by atoms with Gasteiger partial charge in [-0.15, -0.1) is 0 Å². The van der Waals surface area contributed by atoms with E-state index in [4.69, 9.17) is 9.47 Å². The second kappa shape index (κ2) is 3.96. The van der Waals surface area contributed by atoms with Gasteiger partial charge in [0.05, 0.1) is 14.2 Å². The number of ether oxygens (including phenoxy) is 2. The van der Waals surface area contributed by atoms with Gasteiger partial charge in [0.25, 0.3) is 0 Å². The molecular formula is C11H15FO3. The van der Waals surface area contributed by atoms with Crippen molar-refractivity contribution in [2.45, 2.75) is 19.5 Å². The fraction of sp³-hybridized carbons (Fsp3) is 0.455. The van der Waals surface area contributed by atoms with Crippen LogP contribution >= 0.6 is 0 Å². The first-order valence-electron chi connectivity index (χ1n) is 4.54. The Bertz CT molecular complexity index is 356. The number of methoxy groups -OCH3 is 2. The molecule has 0 aromatic heterocycles. The third-order valence-electron chi connectivity index (χ3n) is 2.14. The average Bonchev–Trinajstić information content (AvgIpc) is 2.15. The first-order valence-corrected chi connectivity index (χ1v) is 4.54. The summed E-state index contributed by atoms with van der Waals surface area (Å²) in [4.78, 5) is 0. The zero-order valence-electron chi connectivity index (χ0n) is 9.30. The van der Waals surface area contributed by atoms with E-state index >= 15 is 0 Å². The van der Waals surface area contributed by atoms with Crippen molar-refractivity contribution in [1.29, 1.82) is 0 Å². The molecule has 1 aromatic carbocycles. The van der Waals surface area contributed by atoms with Gasteiger partial charge in [0.1, 0.15) is 11.4 Å². The van der Waals surface area contributed by atoms with Crippen molar-refractivity contribution in [1.82, 2.24) is 0 Å². The fourth-order valence-corrected chi connectivity index (χ4v) is 1.35. The monoisotopic (exact) mass is 214 g/mol. The summed E-state index contributed by atoms with van der Waals surface area (Å²) in [5.41, 5.74) is -1.20. The maximum absolute atomic E-state index is 13.8. The molecule has 0 unspecified atom stereocenters. The summed E-state index contributed by atoms with van der Waals surface area (Å²) < 4.78 is 23.7. The van der Waals surface area contributed by atoms with E-state index in [0.717, 1.165) is 0 Å². The first-order chi connectivity index (χ1) is 6.90. The molecule has 15 heavy (non-hydrogen) atoms. The Hall–Kier alpha value is -1.45. The highest BCUT2D eigenvalue weighted by atomic mass is 19.1. The van der Waals surface area contributed by atoms with Crippen LogP contribution in [0.3, 0.4) is 0 Å². The molecule has 0 heterocycles. The maximum atomic E-state index is 13.8. The van der Waals surface area contributed by atoms with Crippen LogP contribution in [0.1, 0.15) is 19.4 Å². The van der Waals surface area contributed by atoms with E-state index in [2.05, 4.69) is 0 Å². The highest BCUT2D eigenvalue weighted by molar-refractivity contribution is 5.51. The Morgan fingerprint density at radius 2 is 1.67 bits per heavy atom. The molecule has 0 radical (unpaired) electrons. The number of rotatable bonds is 3. The van der Waals surface area contributed by atoms with Gasteiger partial charge in [0.15, 0.2) is 11.5 Å². The molecule has 0 saturated heterocycles. The molecular weight excluding hydrogens is 199 g/mol. The zero-order valence-corrected chi connectivity index (χ0v) is 9.30. The topological polar surface area (TPSA) is 38.7 Å². The Balaban J connectivity index is 3.36. The van der Waals surface area contributed by atoms with E-state index in [1.807, 2.05) is 0 Å². The summed E-state index contributed by atoms with van der Waals surface area (Å²) in [5.74, 6) is 0.472. The van der Waals surface area contributed by atoms with Gasteiger partial charge < -0.3 is 14.6 Å². The molecule has 4 heteroatoms. The Morgan fingerprint density at radius 1 is 1.13 bits per heavy atom. The van der Waals surface area contributed by atoms with E-state index < -0.39 is 5.67 Å². The maximum Gasteiger partial charge on any atom is 0.161 e. The predicted molar refractivity (Wildman–Crippen MR) is 55.3 cm³/mol. The zero-order chi connectivity index (χ0) is 11.6. The molecule has 0 fully saturated rings. The number of alkyl halides is 1. The second-order valence-corrected chi connectivity index (χ2v) is 3.70. The lowest BCUT2D eigenvalue weighted by molar-refractivity contribution is 0.212. The third-order valence-corrected chi connectivity index (χ3v) is 2.14. The highest BCUT2D eigenvalue weighted by Crippen LogP contribution is 2.40. The van der Waals surface area contributed by atoms with Crippen molar-refractivity contribution < 1.29 is 19.0 Å². The van der Waals surface area contributed by atoms with Crippen LogP contribution in [0.15, 0.2) is 12.1 Å². The molecule has 0 saturated carbocycles. The van der Waals surface area contributed by atoms with Crippen molar-refractivity contribution >= 4 is 0 Å². The smallest absolute Gasteiger partial charge is 0.161 e. The predicted octanol–water partition coefficient (Wildman–Crippen LogP) is 2.61. The molecule has 0 amide bonds. The number of hydrogen-bond donors (Lipinski definition) is 1. The van der Waals surface area contributed by atoms with Crippen molar-refractivity contribution in [2.75, 3.05) is 14.2 Å². The standard InChI is InChI=1S/C11H15FO3/c1-11(2,12)7-5-10(15-4)8(13)6-9(7)14-3/h5-6,13H,1-4H3. The second-order valence-electron chi connectivity index (χ2n) is 3.70. The molecule has 1 rings (SSSR count). The van der Waals surface area contributed by atoms with Crippen LogP contribution in [0.4, 0.5) is 4.39 Å². The van der Waals surface area contributed by atoms with Crippen LogP contribution < -0.4 is 9.47 Å². The highest BCUT2D eigenvalue weighted by Gasteiger charge is 2.25. The fourth-order valence-electron chi connectivity index (χ4n) is 1.35. The Kier molecular flexibility index (Phi) is 3.07. The van der Waals surface area contributed by atoms with Crippen LogP contribution in [0, 0.1) is 0 Å². The molecule has 0 bridgehead atoms. The van der Waals surface area contributed by atoms with Crippen molar-refractivity contribution in [3.05, 3.63) is 17.7 Å². The van der Waals surface area contributed by atoms with Crippen molar-refractivity contribution in [3.63, 3.8) is 0 Å². The van der Waals surface area contributed by atoms with Crippen molar-refractivity contribution in [3.8, 4) is 17.2 Å². The van der Waals surface area contributed by atoms with Gasteiger partial charge in [-0.25, -0.2) is 4.39 Å². The number of halogens is 1. The van der Waals surface area contributed by atoms with Crippen molar-refractivity contribution in [2.24, 2.45) is 0 Å². The Labute approximate surface area is 88.4 Å². The molecule has 0 aliphatic carbocycles. The van der Waals surface area contributed by atoms with E-state index in [1.165, 1.54) is 40.2 Å². The average molecular weight is 214 g/mol. The van der Waals surface area contributed by atoms with Crippen LogP contribution in [0.2, 0.25) is 0 Å². The van der Waals surface area contributed by atoms with Crippen LogP contribution in [-0.4, -0.2) is 19.3 Å². The number of phenols is 1. The third kappa shape index (κ3) is 2.32. The van der Waals surface area contributed by atoms with E-state index in [1.54, 1.807) is 0 Å². The first kappa shape index (κ1) is 11.6. The SMILES string of the molecule is COc1cc(C(C)(C)F)c(OC)cc1O. The number of phenolic OH excluding ortho intramolecular Hbond substituents is 1. The summed E-state index contributed by atoms with van der Waals surface area (Å²) >= 11 is 0. The lowest BCUT2D eigenvalue weighted by Crippen LogP contribution is -2.11. The lowest BCUT2D eigenvalue weighted by atomic mass is 9.98. The van der Waals surface area contributed by atoms with Gasteiger partial charge in [-0.05, 0) is 19.9 Å². The van der Waals surface area contributed by atoms with E-state index in [9.17, 15) is 9.50 Å². The summed E-state index contributed by atoms with van der Waals surface area (Å²) in [7, 11) is 2.84. The summed E-state index contributed by atoms with van der Waals surface area (Å²) in [6.45, 7) is 2.84. The summed E-state index contributed by atoms with van der Waals surface area (Å²) in [6, 6.07) is 2.78. The van der Waals surface area contributed by atoms with Crippen LogP contribution in [0.25, 0.3) is 0 Å². The molecule has 84 valence electrons. The number of hydrogen-bond acceptors (Lipinski definition) is 3. The number of benzene rings is 1. The van der Waals surface area contributed by atoms with Gasteiger partial charge in [-0.1, -0.05) is 0 Å². The molecule has 0 aliphatic heterocycles. The summed E-state index contributed by atoms with van der Waals surface area (Å²) in [5, 5.41) is 9.49. The molecule has 0 atom stereocenters. The molecule has 0 aliphatic rings. The normalized spacial score (nSPS) is 11.3. The van der Waals surface area contributed by atoms with Gasteiger partial charge in [0.2, 0.25) is 0 Å². The molecule has 1 N–H and O–H groups in total. The molecule has 1 aromatic rings. The molecule has 0 spiro atoms. The molecule has 3 nitrogen and oxygen atoms in total. The number of aromatic hydroxyl groups is 1. The summed E-state index contributed by atoms with van der Waals surface area (Å²) in [6.07, 6.45) is 0. The minimum Gasteiger partial charge on any atom is -0.504 e. The lowest BCUT2D eigenvalue weighted by Gasteiger charge is -2.19. The van der Waals surface area contributed by atoms with Gasteiger partial charge >= 0.3 is 0 Å². The quantitative estimate of drug-likeness (QED) is 0.840. The minimum absolute atomic E-state index is 0.0673. The Morgan fingerprint density at radius 3 is 2.07 bits per heavy atom. The van der Waals surface area contributed by atoms with E-state index in [-0.39, 0.29) is 11.5 Å². The van der Waals surface area contributed by atoms with Gasteiger partial charge in [-0.2, -0.15) is 0 Å². The largest absolute Gasteiger partial charge is 0.504 e. The van der Waals surface area contributed by atoms with Crippen LogP contribution in [0.5, 0.6) is 17.2 Å². The van der Waals surface area contributed by atoms with E-state index in [0.29, 0.717) is 11.3 Å². The van der Waals surface area contributed by atoms with Gasteiger partial charge in [0, 0.05) is 11.6 Å².